The summed E-state index contributed by atoms with van der Waals surface area (Å²) < 4.78 is 20.7. The van der Waals surface area contributed by atoms with E-state index in [1.165, 1.54) is 12.1 Å². The van der Waals surface area contributed by atoms with Crippen molar-refractivity contribution in [1.82, 2.24) is 14.8 Å². The lowest BCUT2D eigenvalue weighted by Gasteiger charge is -2.48. The number of nitrogens with zero attached hydrogens (tertiary/aromatic N) is 2. The van der Waals surface area contributed by atoms with Gasteiger partial charge in [0, 0.05) is 36.3 Å². The van der Waals surface area contributed by atoms with Crippen LogP contribution < -0.4 is 5.32 Å². The monoisotopic (exact) mass is 393 g/mol. The first kappa shape index (κ1) is 18.3. The van der Waals surface area contributed by atoms with Gasteiger partial charge in [0.1, 0.15) is 5.82 Å². The first-order valence-electron chi connectivity index (χ1n) is 10.1. The van der Waals surface area contributed by atoms with Gasteiger partial charge in [-0.15, -0.1) is 0 Å². The first-order valence-corrected chi connectivity index (χ1v) is 10.1. The molecule has 6 heteroatoms. The van der Waals surface area contributed by atoms with Gasteiger partial charge in [-0.2, -0.15) is 0 Å². The number of amides is 1. The average molecular weight is 393 g/mol. The lowest BCUT2D eigenvalue weighted by Crippen LogP contribution is -2.60. The highest BCUT2D eigenvalue weighted by atomic mass is 19.1. The van der Waals surface area contributed by atoms with E-state index in [4.69, 9.17) is 4.74 Å². The molecule has 150 valence electrons. The summed E-state index contributed by atoms with van der Waals surface area (Å²) >= 11 is 0. The molecule has 1 amide bonds. The number of rotatable bonds is 3. The van der Waals surface area contributed by atoms with Crippen molar-refractivity contribution < 1.29 is 13.9 Å². The SMILES string of the molecule is O=C(NC1C[C@H]2COC[C@@H](C1)N2Cc1ccc(F)cc1)n1ccc2ccccc21. The summed E-state index contributed by atoms with van der Waals surface area (Å²) in [5, 5.41) is 4.28. The quantitative estimate of drug-likeness (QED) is 0.737. The molecule has 1 N–H and O–H groups in total. The second kappa shape index (κ2) is 7.61. The Kier molecular flexibility index (Phi) is 4.81. The maximum atomic E-state index is 13.2. The van der Waals surface area contributed by atoms with Crippen LogP contribution in [0.4, 0.5) is 9.18 Å². The third kappa shape index (κ3) is 3.66. The van der Waals surface area contributed by atoms with E-state index in [0.29, 0.717) is 13.2 Å². The van der Waals surface area contributed by atoms with E-state index < -0.39 is 0 Å². The number of halogens is 1. The predicted octanol–water partition coefficient (Wildman–Crippen LogP) is 3.77. The third-order valence-electron chi connectivity index (χ3n) is 6.10. The molecule has 5 nitrogen and oxygen atoms in total. The Hall–Kier alpha value is -2.70. The molecule has 2 aliphatic rings. The highest BCUT2D eigenvalue weighted by Gasteiger charge is 2.39. The van der Waals surface area contributed by atoms with Gasteiger partial charge in [-0.1, -0.05) is 30.3 Å². The van der Waals surface area contributed by atoms with Gasteiger partial charge in [0.05, 0.1) is 18.7 Å². The number of hydrogen-bond acceptors (Lipinski definition) is 3. The van der Waals surface area contributed by atoms with Crippen LogP contribution in [-0.4, -0.2) is 46.8 Å². The highest BCUT2D eigenvalue weighted by Crippen LogP contribution is 2.29. The number of fused-ring (bicyclic) bond motifs is 3. The van der Waals surface area contributed by atoms with Crippen molar-refractivity contribution >= 4 is 16.9 Å². The summed E-state index contributed by atoms with van der Waals surface area (Å²) in [7, 11) is 0. The van der Waals surface area contributed by atoms with Crippen molar-refractivity contribution in [2.24, 2.45) is 0 Å². The van der Waals surface area contributed by atoms with Gasteiger partial charge < -0.3 is 10.1 Å². The molecule has 2 aromatic carbocycles. The van der Waals surface area contributed by atoms with Crippen LogP contribution in [-0.2, 0) is 11.3 Å². The van der Waals surface area contributed by atoms with E-state index >= 15 is 0 Å². The predicted molar refractivity (Wildman–Crippen MR) is 109 cm³/mol. The molecule has 0 spiro atoms. The molecule has 2 aliphatic heterocycles. The molecule has 29 heavy (non-hydrogen) atoms. The molecule has 3 aromatic rings. The zero-order valence-corrected chi connectivity index (χ0v) is 16.1. The van der Waals surface area contributed by atoms with E-state index in [0.717, 1.165) is 35.9 Å². The van der Waals surface area contributed by atoms with Crippen LogP contribution in [0.1, 0.15) is 18.4 Å². The van der Waals surface area contributed by atoms with Crippen molar-refractivity contribution in [3.63, 3.8) is 0 Å². The smallest absolute Gasteiger partial charge is 0.326 e. The van der Waals surface area contributed by atoms with E-state index in [2.05, 4.69) is 10.2 Å². The molecule has 2 bridgehead atoms. The fourth-order valence-electron chi connectivity index (χ4n) is 4.67. The number of hydrogen-bond donors (Lipinski definition) is 1. The van der Waals surface area contributed by atoms with Crippen LogP contribution in [0.15, 0.2) is 60.8 Å². The molecule has 5 rings (SSSR count). The number of carbonyl (C=O) groups is 1. The minimum absolute atomic E-state index is 0.0813. The summed E-state index contributed by atoms with van der Waals surface area (Å²) in [5.41, 5.74) is 2.02. The van der Waals surface area contributed by atoms with Gasteiger partial charge in [-0.05, 0) is 42.7 Å². The van der Waals surface area contributed by atoms with Crippen LogP contribution >= 0.6 is 0 Å². The zero-order valence-electron chi connectivity index (χ0n) is 16.1. The molecule has 0 saturated carbocycles. The Labute approximate surface area is 169 Å². The minimum atomic E-state index is -0.212. The molecule has 1 unspecified atom stereocenters. The van der Waals surface area contributed by atoms with Crippen LogP contribution in [0, 0.1) is 5.82 Å². The largest absolute Gasteiger partial charge is 0.378 e. The molecule has 3 atom stereocenters. The first-order chi connectivity index (χ1) is 14.2. The number of carbonyl (C=O) groups excluding carboxylic acids is 1. The number of ether oxygens (including phenoxy) is 1. The van der Waals surface area contributed by atoms with Crippen LogP contribution in [0.2, 0.25) is 0 Å². The van der Waals surface area contributed by atoms with Gasteiger partial charge in [0.15, 0.2) is 0 Å². The van der Waals surface area contributed by atoms with Crippen LogP contribution in [0.3, 0.4) is 0 Å². The van der Waals surface area contributed by atoms with Gasteiger partial charge >= 0.3 is 6.03 Å². The van der Waals surface area contributed by atoms with Crippen molar-refractivity contribution in [2.75, 3.05) is 13.2 Å². The molecule has 2 fully saturated rings. The van der Waals surface area contributed by atoms with Crippen molar-refractivity contribution in [3.05, 3.63) is 72.2 Å². The van der Waals surface area contributed by atoms with Gasteiger partial charge in [0.25, 0.3) is 0 Å². The molecule has 2 saturated heterocycles. The zero-order chi connectivity index (χ0) is 19.8. The number of nitrogens with one attached hydrogen (secondary N) is 1. The summed E-state index contributed by atoms with van der Waals surface area (Å²) in [6.07, 6.45) is 3.53. The number of aromatic nitrogens is 1. The third-order valence-corrected chi connectivity index (χ3v) is 6.10. The molecular formula is C23H24FN3O2. The molecule has 1 aromatic heterocycles. The Morgan fingerprint density at radius 2 is 1.76 bits per heavy atom. The average Bonchev–Trinajstić information content (AvgIpc) is 3.14. The van der Waals surface area contributed by atoms with E-state index in [1.54, 1.807) is 4.57 Å². The van der Waals surface area contributed by atoms with Crippen molar-refractivity contribution in [3.8, 4) is 0 Å². The lowest BCUT2D eigenvalue weighted by atomic mass is 9.89. The summed E-state index contributed by atoms with van der Waals surface area (Å²) in [6.45, 7) is 2.11. The molecule has 3 heterocycles. The van der Waals surface area contributed by atoms with E-state index in [1.807, 2.05) is 48.7 Å². The second-order valence-electron chi connectivity index (χ2n) is 8.01. The maximum absolute atomic E-state index is 13.2. The Morgan fingerprint density at radius 3 is 2.52 bits per heavy atom. The summed E-state index contributed by atoms with van der Waals surface area (Å²) in [5.74, 6) is -0.212. The number of para-hydroxylation sites is 1. The maximum Gasteiger partial charge on any atom is 0.326 e. The Bertz CT molecular complexity index is 1000. The number of piperidine rings is 1. The van der Waals surface area contributed by atoms with Crippen LogP contribution in [0.5, 0.6) is 0 Å². The van der Waals surface area contributed by atoms with Gasteiger partial charge in [-0.3, -0.25) is 9.47 Å². The molecule has 0 radical (unpaired) electrons. The molecular weight excluding hydrogens is 369 g/mol. The lowest BCUT2D eigenvalue weighted by molar-refractivity contribution is -0.0840. The fourth-order valence-corrected chi connectivity index (χ4v) is 4.67. The molecule has 0 aliphatic carbocycles. The Morgan fingerprint density at radius 1 is 1.03 bits per heavy atom. The number of morpholine rings is 1. The summed E-state index contributed by atoms with van der Waals surface area (Å²) in [6, 6.07) is 17.1. The normalized spacial score (nSPS) is 24.5. The van der Waals surface area contributed by atoms with Crippen molar-refractivity contribution in [2.45, 2.75) is 37.5 Å². The van der Waals surface area contributed by atoms with E-state index in [-0.39, 0.29) is 30.0 Å². The van der Waals surface area contributed by atoms with E-state index in [9.17, 15) is 9.18 Å². The minimum Gasteiger partial charge on any atom is -0.378 e. The van der Waals surface area contributed by atoms with Gasteiger partial charge in [-0.25, -0.2) is 9.18 Å². The van der Waals surface area contributed by atoms with Gasteiger partial charge in [0.2, 0.25) is 0 Å². The topological polar surface area (TPSA) is 46.5 Å². The standard InChI is InChI=1S/C23H24FN3O2/c24-18-7-5-16(6-8-18)13-27-20-11-19(12-21(27)15-29-14-20)25-23(28)26-10-9-17-3-1-2-4-22(17)26/h1-10,19-21H,11-15H2,(H,25,28)/t19?,20-,21+. The second-order valence-corrected chi connectivity index (χ2v) is 8.01. The number of benzene rings is 2. The fraction of sp³-hybridized carbons (Fsp3) is 0.348. The van der Waals surface area contributed by atoms with Crippen LogP contribution in [0.25, 0.3) is 10.9 Å². The highest BCUT2D eigenvalue weighted by molar-refractivity contribution is 5.91. The summed E-state index contributed by atoms with van der Waals surface area (Å²) in [4.78, 5) is 15.3. The van der Waals surface area contributed by atoms with Crippen molar-refractivity contribution in [1.29, 1.82) is 0 Å². The Balaban J connectivity index is 1.28.